The second-order valence-electron chi connectivity index (χ2n) is 8.58. The summed E-state index contributed by atoms with van der Waals surface area (Å²) < 4.78 is 13.9. The summed E-state index contributed by atoms with van der Waals surface area (Å²) >= 11 is 0. The molecule has 1 saturated carbocycles. The molecule has 1 aromatic carbocycles. The lowest BCUT2D eigenvalue weighted by molar-refractivity contribution is 0.626. The molecule has 4 aromatic rings. The number of halogens is 1. The molecule has 0 unspecified atom stereocenters. The van der Waals surface area contributed by atoms with Crippen molar-refractivity contribution >= 4 is 11.2 Å². The van der Waals surface area contributed by atoms with Crippen LogP contribution in [-0.4, -0.2) is 24.5 Å². The number of aromatic nitrogens is 5. The third-order valence-electron chi connectivity index (χ3n) is 6.01. The van der Waals surface area contributed by atoms with E-state index in [2.05, 4.69) is 19.9 Å². The van der Waals surface area contributed by atoms with Crippen LogP contribution in [0.4, 0.5) is 4.39 Å². The van der Waals surface area contributed by atoms with Gasteiger partial charge in [-0.2, -0.15) is 0 Å². The van der Waals surface area contributed by atoms with Crippen molar-refractivity contribution in [2.75, 3.05) is 0 Å². The topological polar surface area (TPSA) is 73.6 Å². The summed E-state index contributed by atoms with van der Waals surface area (Å²) in [6.07, 6.45) is 9.60. The fourth-order valence-electron chi connectivity index (χ4n) is 4.26. The zero-order chi connectivity index (χ0) is 23.4. The Balaban J connectivity index is 0.000000275. The van der Waals surface area contributed by atoms with Crippen LogP contribution < -0.4 is 5.56 Å². The number of benzene rings is 1. The normalized spacial score (nSPS) is 13.7. The highest BCUT2D eigenvalue weighted by atomic mass is 19.1. The van der Waals surface area contributed by atoms with Crippen molar-refractivity contribution in [2.24, 2.45) is 0 Å². The molecule has 7 heteroatoms. The third kappa shape index (κ3) is 5.30. The molecule has 0 spiro atoms. The number of hydrogen-bond acceptors (Lipinski definition) is 5. The predicted molar refractivity (Wildman–Crippen MR) is 127 cm³/mol. The second-order valence-corrected chi connectivity index (χ2v) is 8.58. The molecule has 0 amide bonds. The van der Waals surface area contributed by atoms with Crippen LogP contribution in [0, 0.1) is 26.6 Å². The van der Waals surface area contributed by atoms with E-state index < -0.39 is 0 Å². The molecular weight excluding hydrogens is 417 g/mol. The van der Waals surface area contributed by atoms with Gasteiger partial charge in [0, 0.05) is 24.2 Å². The second kappa shape index (κ2) is 9.98. The predicted octanol–water partition coefficient (Wildman–Crippen LogP) is 5.04. The molecule has 3 heterocycles. The van der Waals surface area contributed by atoms with Gasteiger partial charge in [0.05, 0.1) is 23.6 Å². The molecule has 0 atom stereocenters. The first-order valence-electron chi connectivity index (χ1n) is 11.3. The molecule has 1 fully saturated rings. The fraction of sp³-hybridized carbons (Fsp3) is 0.346. The lowest BCUT2D eigenvalue weighted by Gasteiger charge is -2.15. The number of aryl methyl sites for hydroxylation is 3. The van der Waals surface area contributed by atoms with Crippen LogP contribution in [0.1, 0.15) is 59.8 Å². The summed E-state index contributed by atoms with van der Waals surface area (Å²) in [6.45, 7) is 6.03. The fourth-order valence-corrected chi connectivity index (χ4v) is 4.26. The Labute approximate surface area is 192 Å². The van der Waals surface area contributed by atoms with Gasteiger partial charge in [-0.05, 0) is 63.3 Å². The summed E-state index contributed by atoms with van der Waals surface area (Å²) in [7, 11) is 0. The summed E-state index contributed by atoms with van der Waals surface area (Å²) in [4.78, 5) is 31.0. The highest BCUT2D eigenvalue weighted by Gasteiger charge is 2.23. The Bertz CT molecular complexity index is 1310. The summed E-state index contributed by atoms with van der Waals surface area (Å²) in [5, 5.41) is 0. The first-order valence-corrected chi connectivity index (χ1v) is 11.3. The van der Waals surface area contributed by atoms with Crippen molar-refractivity contribution in [2.45, 2.75) is 58.9 Å². The van der Waals surface area contributed by atoms with Gasteiger partial charge in [0.1, 0.15) is 11.3 Å². The van der Waals surface area contributed by atoms with Crippen LogP contribution >= 0.6 is 0 Å². The molecule has 1 aliphatic carbocycles. The molecule has 1 aliphatic rings. The summed E-state index contributed by atoms with van der Waals surface area (Å²) in [5.74, 6) is 0.166. The number of nitrogens with zero attached hydrogens (tertiary/aromatic N) is 5. The van der Waals surface area contributed by atoms with Crippen LogP contribution in [0.5, 0.6) is 0 Å². The van der Waals surface area contributed by atoms with E-state index in [4.69, 9.17) is 0 Å². The van der Waals surface area contributed by atoms with Gasteiger partial charge in [-0.25, -0.2) is 9.37 Å². The lowest BCUT2D eigenvalue weighted by Crippen LogP contribution is -2.27. The van der Waals surface area contributed by atoms with Gasteiger partial charge in [-0.15, -0.1) is 0 Å². The van der Waals surface area contributed by atoms with E-state index in [0.717, 1.165) is 46.6 Å². The molecule has 33 heavy (non-hydrogen) atoms. The number of fused-ring (bicyclic) bond motifs is 1. The molecule has 6 nitrogen and oxygen atoms in total. The van der Waals surface area contributed by atoms with Crippen molar-refractivity contribution in [1.29, 1.82) is 0 Å². The molecule has 5 rings (SSSR count). The highest BCUT2D eigenvalue weighted by molar-refractivity contribution is 5.71. The monoisotopic (exact) mass is 445 g/mol. The molecular formula is C26H28FN5O. The van der Waals surface area contributed by atoms with E-state index in [0.29, 0.717) is 18.1 Å². The highest BCUT2D eigenvalue weighted by Crippen LogP contribution is 2.33. The Hall–Kier alpha value is -3.48. The quantitative estimate of drug-likeness (QED) is 0.442. The molecule has 170 valence electrons. The van der Waals surface area contributed by atoms with Crippen LogP contribution in [-0.2, 0) is 6.54 Å². The van der Waals surface area contributed by atoms with E-state index in [1.165, 1.54) is 25.0 Å². The summed E-state index contributed by atoms with van der Waals surface area (Å²) in [5.41, 5.74) is 5.67. The smallest absolute Gasteiger partial charge is 0.256 e. The molecule has 0 radical (unpaired) electrons. The zero-order valence-electron chi connectivity index (χ0n) is 19.3. The van der Waals surface area contributed by atoms with Gasteiger partial charge < -0.3 is 0 Å². The van der Waals surface area contributed by atoms with Crippen molar-refractivity contribution in [3.05, 3.63) is 93.3 Å². The standard InChI is InChI=1S/C19H21N5O.C7H7F/c1-12-10-22-16-9-15(14-5-3-4-6-14)19(25)24(18(16)23-12)11-17-13(2)20-7-8-21-17;1-6-3-2-4-7(8)5-6/h7-10,14H,3-6,11H2,1-2H3;2-5H,1H3. The van der Waals surface area contributed by atoms with Crippen molar-refractivity contribution in [3.63, 3.8) is 0 Å². The number of rotatable bonds is 3. The SMILES string of the molecule is Cc1cccc(F)c1.Cc1cnc2cc(C3CCCC3)c(=O)n(Cc3nccnc3C)c2n1. The van der Waals surface area contributed by atoms with Gasteiger partial charge in [0.2, 0.25) is 0 Å². The molecule has 0 N–H and O–H groups in total. The largest absolute Gasteiger partial charge is 0.285 e. The van der Waals surface area contributed by atoms with Gasteiger partial charge in [-0.1, -0.05) is 25.0 Å². The van der Waals surface area contributed by atoms with E-state index >= 15 is 0 Å². The van der Waals surface area contributed by atoms with Gasteiger partial charge in [0.15, 0.2) is 5.65 Å². The lowest BCUT2D eigenvalue weighted by atomic mass is 9.98. The molecule has 0 saturated heterocycles. The first kappa shape index (κ1) is 22.7. The molecule has 0 aliphatic heterocycles. The van der Waals surface area contributed by atoms with Crippen LogP contribution in [0.3, 0.4) is 0 Å². The van der Waals surface area contributed by atoms with Crippen LogP contribution in [0.2, 0.25) is 0 Å². The maximum Gasteiger partial charge on any atom is 0.256 e. The molecule has 3 aromatic heterocycles. The number of pyridine rings is 1. The van der Waals surface area contributed by atoms with Gasteiger partial charge in [0.25, 0.3) is 5.56 Å². The van der Waals surface area contributed by atoms with Gasteiger partial charge in [-0.3, -0.25) is 24.3 Å². The van der Waals surface area contributed by atoms with E-state index in [9.17, 15) is 9.18 Å². The minimum atomic E-state index is -0.162. The minimum Gasteiger partial charge on any atom is -0.285 e. The van der Waals surface area contributed by atoms with Crippen LogP contribution in [0.25, 0.3) is 11.2 Å². The Morgan fingerprint density at radius 3 is 2.45 bits per heavy atom. The Morgan fingerprint density at radius 1 is 1.03 bits per heavy atom. The third-order valence-corrected chi connectivity index (χ3v) is 6.01. The van der Waals surface area contributed by atoms with E-state index in [-0.39, 0.29) is 11.4 Å². The molecule has 0 bridgehead atoms. The zero-order valence-corrected chi connectivity index (χ0v) is 19.3. The van der Waals surface area contributed by atoms with Crippen LogP contribution in [0.15, 0.2) is 53.7 Å². The minimum absolute atomic E-state index is 0.0318. The number of hydrogen-bond donors (Lipinski definition) is 0. The first-order chi connectivity index (χ1) is 15.9. The average Bonchev–Trinajstić information content (AvgIpc) is 3.32. The Kier molecular flexibility index (Phi) is 6.87. The van der Waals surface area contributed by atoms with E-state index in [1.807, 2.05) is 32.9 Å². The van der Waals surface area contributed by atoms with Crippen molar-refractivity contribution in [1.82, 2.24) is 24.5 Å². The maximum atomic E-state index is 13.2. The van der Waals surface area contributed by atoms with Crippen molar-refractivity contribution in [3.8, 4) is 0 Å². The van der Waals surface area contributed by atoms with Crippen molar-refractivity contribution < 1.29 is 4.39 Å². The van der Waals surface area contributed by atoms with Gasteiger partial charge >= 0.3 is 0 Å². The Morgan fingerprint density at radius 2 is 1.79 bits per heavy atom. The maximum absolute atomic E-state index is 13.2. The summed E-state index contributed by atoms with van der Waals surface area (Å²) in [6, 6.07) is 8.45. The average molecular weight is 446 g/mol. The van der Waals surface area contributed by atoms with E-state index in [1.54, 1.807) is 29.2 Å².